The molecule has 5 nitrogen and oxygen atoms in total. The van der Waals surface area contributed by atoms with E-state index in [4.69, 9.17) is 10.2 Å². The molecule has 0 aromatic heterocycles. The van der Waals surface area contributed by atoms with Crippen LogP contribution in [0.3, 0.4) is 0 Å². The predicted octanol–water partition coefficient (Wildman–Crippen LogP) is -1.30. The Bertz CT molecular complexity index is 173. The second-order valence-electron chi connectivity index (χ2n) is 3.59. The molecule has 0 fully saturated rings. The molecule has 0 bridgehead atoms. The van der Waals surface area contributed by atoms with Crippen LogP contribution in [0, 0.1) is 5.92 Å². The summed E-state index contributed by atoms with van der Waals surface area (Å²) in [6.45, 7) is 3.61. The van der Waals surface area contributed by atoms with Crippen LogP contribution in [0.1, 0.15) is 13.8 Å². The first-order valence-electron chi connectivity index (χ1n) is 4.76. The van der Waals surface area contributed by atoms with Crippen LogP contribution in [0.15, 0.2) is 0 Å². The molecule has 0 aromatic carbocycles. The number of hydrogen-bond donors (Lipinski definition) is 4. The van der Waals surface area contributed by atoms with Gasteiger partial charge in [-0.05, 0) is 13.0 Å². The molecule has 1 amide bonds. The third-order valence-electron chi connectivity index (χ3n) is 1.98. The number of amides is 1. The van der Waals surface area contributed by atoms with Crippen molar-refractivity contribution in [3.8, 4) is 0 Å². The van der Waals surface area contributed by atoms with Crippen LogP contribution in [-0.4, -0.2) is 48.5 Å². The topological polar surface area (TPSA) is 81.6 Å². The maximum absolute atomic E-state index is 11.5. The molecule has 14 heavy (non-hydrogen) atoms. The molecule has 84 valence electrons. The van der Waals surface area contributed by atoms with Gasteiger partial charge in [-0.25, -0.2) is 0 Å². The Morgan fingerprint density at radius 2 is 2.00 bits per heavy atom. The first kappa shape index (κ1) is 13.4. The van der Waals surface area contributed by atoms with Gasteiger partial charge < -0.3 is 20.8 Å². The Morgan fingerprint density at radius 1 is 1.43 bits per heavy atom. The fourth-order valence-corrected chi connectivity index (χ4v) is 1.16. The Kier molecular flexibility index (Phi) is 6.44. The summed E-state index contributed by atoms with van der Waals surface area (Å²) >= 11 is 0. The van der Waals surface area contributed by atoms with Crippen molar-refractivity contribution >= 4 is 5.91 Å². The Morgan fingerprint density at radius 3 is 2.36 bits per heavy atom. The van der Waals surface area contributed by atoms with E-state index in [1.165, 1.54) is 0 Å². The lowest BCUT2D eigenvalue weighted by atomic mass is 10.0. The summed E-state index contributed by atoms with van der Waals surface area (Å²) in [6, 6.07) is -0.263. The molecule has 2 atom stereocenters. The number of aliphatic hydroxyl groups is 2. The molecule has 1 unspecified atom stereocenters. The minimum absolute atomic E-state index is 0.0836. The number of likely N-dealkylation sites (N-methyl/N-ethyl adjacent to an activating group) is 1. The zero-order valence-corrected chi connectivity index (χ0v) is 8.95. The van der Waals surface area contributed by atoms with Gasteiger partial charge in [0.25, 0.3) is 0 Å². The zero-order valence-electron chi connectivity index (χ0n) is 8.95. The Hall–Kier alpha value is -0.650. The highest BCUT2D eigenvalue weighted by molar-refractivity contribution is 5.81. The average Bonchev–Trinajstić information content (AvgIpc) is 2.14. The van der Waals surface area contributed by atoms with Gasteiger partial charge in [-0.15, -0.1) is 0 Å². The first-order valence-corrected chi connectivity index (χ1v) is 4.76. The van der Waals surface area contributed by atoms with E-state index >= 15 is 0 Å². The van der Waals surface area contributed by atoms with Crippen LogP contribution in [0.25, 0.3) is 0 Å². The highest BCUT2D eigenvalue weighted by Gasteiger charge is 2.19. The number of carbonyl (C=O) groups excluding carboxylic acids is 1. The highest BCUT2D eigenvalue weighted by Crippen LogP contribution is 2.00. The lowest BCUT2D eigenvalue weighted by Gasteiger charge is -2.20. The third-order valence-corrected chi connectivity index (χ3v) is 1.98. The van der Waals surface area contributed by atoms with E-state index < -0.39 is 6.10 Å². The molecular weight excluding hydrogens is 184 g/mol. The fraction of sp³-hybridized carbons (Fsp3) is 0.889. The number of aliphatic hydroxyl groups excluding tert-OH is 2. The number of nitrogens with one attached hydrogen (secondary N) is 2. The molecule has 0 aromatic rings. The Labute approximate surface area is 84.5 Å². The van der Waals surface area contributed by atoms with Crippen LogP contribution >= 0.6 is 0 Å². The molecule has 0 saturated heterocycles. The lowest BCUT2D eigenvalue weighted by molar-refractivity contribution is -0.124. The summed E-state index contributed by atoms with van der Waals surface area (Å²) in [6.07, 6.45) is -0.886. The number of hydrogen-bond acceptors (Lipinski definition) is 4. The van der Waals surface area contributed by atoms with E-state index in [0.29, 0.717) is 0 Å². The molecule has 0 radical (unpaired) electrons. The summed E-state index contributed by atoms with van der Waals surface area (Å²) < 4.78 is 0. The van der Waals surface area contributed by atoms with Crippen molar-refractivity contribution in [2.24, 2.45) is 5.92 Å². The third kappa shape index (κ3) is 4.55. The largest absolute Gasteiger partial charge is 0.394 e. The molecule has 0 aliphatic heterocycles. The van der Waals surface area contributed by atoms with Crippen LogP contribution in [0.4, 0.5) is 0 Å². The van der Waals surface area contributed by atoms with Gasteiger partial charge in [0.05, 0.1) is 18.8 Å². The summed E-state index contributed by atoms with van der Waals surface area (Å²) in [7, 11) is 1.71. The van der Waals surface area contributed by atoms with Crippen LogP contribution < -0.4 is 10.6 Å². The van der Waals surface area contributed by atoms with E-state index in [1.807, 2.05) is 13.8 Å². The fourth-order valence-electron chi connectivity index (χ4n) is 1.16. The molecule has 0 aliphatic carbocycles. The summed E-state index contributed by atoms with van der Waals surface area (Å²) in [5.41, 5.74) is 0. The second kappa shape index (κ2) is 6.75. The maximum Gasteiger partial charge on any atom is 0.237 e. The van der Waals surface area contributed by atoms with Crippen molar-refractivity contribution in [1.82, 2.24) is 10.6 Å². The normalized spacial score (nSPS) is 15.3. The lowest BCUT2D eigenvalue weighted by Crippen LogP contribution is -2.48. The first-order chi connectivity index (χ1) is 6.52. The summed E-state index contributed by atoms with van der Waals surface area (Å²) in [5, 5.41) is 23.0. The van der Waals surface area contributed by atoms with E-state index in [0.717, 1.165) is 0 Å². The van der Waals surface area contributed by atoms with Crippen molar-refractivity contribution in [1.29, 1.82) is 0 Å². The van der Waals surface area contributed by atoms with Crippen LogP contribution in [0.2, 0.25) is 0 Å². The SMILES string of the molecule is CN[C@H](C(=O)NCC(O)CO)C(C)C. The van der Waals surface area contributed by atoms with Crippen molar-refractivity contribution < 1.29 is 15.0 Å². The molecule has 0 saturated carbocycles. The molecule has 5 heteroatoms. The van der Waals surface area contributed by atoms with Crippen molar-refractivity contribution in [2.45, 2.75) is 26.0 Å². The highest BCUT2D eigenvalue weighted by atomic mass is 16.3. The zero-order chi connectivity index (χ0) is 11.1. The van der Waals surface area contributed by atoms with Crippen molar-refractivity contribution in [3.63, 3.8) is 0 Å². The molecular formula is C9H20N2O3. The summed E-state index contributed by atoms with van der Waals surface area (Å²) in [4.78, 5) is 11.5. The van der Waals surface area contributed by atoms with E-state index in [1.54, 1.807) is 7.05 Å². The molecule has 0 aliphatic rings. The monoisotopic (exact) mass is 204 g/mol. The quantitative estimate of drug-likeness (QED) is 0.433. The van der Waals surface area contributed by atoms with Gasteiger partial charge >= 0.3 is 0 Å². The van der Waals surface area contributed by atoms with Crippen LogP contribution in [0.5, 0.6) is 0 Å². The van der Waals surface area contributed by atoms with Crippen molar-refractivity contribution in [3.05, 3.63) is 0 Å². The van der Waals surface area contributed by atoms with Gasteiger partial charge in [-0.1, -0.05) is 13.8 Å². The minimum Gasteiger partial charge on any atom is -0.394 e. The van der Waals surface area contributed by atoms with E-state index in [9.17, 15) is 4.79 Å². The smallest absolute Gasteiger partial charge is 0.237 e. The number of rotatable bonds is 6. The maximum atomic E-state index is 11.5. The average molecular weight is 204 g/mol. The van der Waals surface area contributed by atoms with Gasteiger partial charge in [-0.2, -0.15) is 0 Å². The molecule has 4 N–H and O–H groups in total. The number of carbonyl (C=O) groups is 1. The summed E-state index contributed by atoms with van der Waals surface area (Å²) in [5.74, 6) is 0.0290. The van der Waals surface area contributed by atoms with Gasteiger partial charge in [0.15, 0.2) is 0 Å². The molecule has 0 heterocycles. The predicted molar refractivity (Wildman–Crippen MR) is 53.8 cm³/mol. The Balaban J connectivity index is 3.93. The molecule has 0 spiro atoms. The molecule has 0 rings (SSSR count). The second-order valence-corrected chi connectivity index (χ2v) is 3.59. The van der Waals surface area contributed by atoms with Gasteiger partial charge in [0.2, 0.25) is 5.91 Å². The van der Waals surface area contributed by atoms with Gasteiger partial charge in [0.1, 0.15) is 0 Å². The standard InChI is InChI=1S/C9H20N2O3/c1-6(2)8(10-3)9(14)11-4-7(13)5-12/h6-8,10,12-13H,4-5H2,1-3H3,(H,11,14)/t7?,8-/m0/s1. The van der Waals surface area contributed by atoms with Gasteiger partial charge in [-0.3, -0.25) is 4.79 Å². The van der Waals surface area contributed by atoms with Crippen LogP contribution in [-0.2, 0) is 4.79 Å². The van der Waals surface area contributed by atoms with E-state index in [-0.39, 0.29) is 31.0 Å². The van der Waals surface area contributed by atoms with E-state index in [2.05, 4.69) is 10.6 Å². The minimum atomic E-state index is -0.886. The van der Waals surface area contributed by atoms with Crippen molar-refractivity contribution in [2.75, 3.05) is 20.2 Å². The van der Waals surface area contributed by atoms with Gasteiger partial charge in [0, 0.05) is 6.54 Å².